The minimum absolute atomic E-state index is 0.145. The van der Waals surface area contributed by atoms with E-state index < -0.39 is 11.9 Å². The minimum Gasteiger partial charge on any atom is -0.508 e. The van der Waals surface area contributed by atoms with E-state index in [2.05, 4.69) is 15.5 Å². The van der Waals surface area contributed by atoms with Crippen LogP contribution in [0.3, 0.4) is 0 Å². The number of phenolic OH excluding ortho intramolecular Hbond substituents is 1. The summed E-state index contributed by atoms with van der Waals surface area (Å²) in [6, 6.07) is 21.9. The van der Waals surface area contributed by atoms with Crippen LogP contribution < -0.4 is 11.0 Å². The van der Waals surface area contributed by atoms with Crippen LogP contribution in [0.15, 0.2) is 88.8 Å². The molecule has 0 radical (unpaired) electrons. The van der Waals surface area contributed by atoms with Crippen molar-refractivity contribution in [3.8, 4) is 17.1 Å². The highest BCUT2D eigenvalue weighted by molar-refractivity contribution is 5.85. The lowest BCUT2D eigenvalue weighted by atomic mass is 10.1. The van der Waals surface area contributed by atoms with Crippen LogP contribution in [0.25, 0.3) is 22.3 Å². The maximum absolute atomic E-state index is 13.3. The summed E-state index contributed by atoms with van der Waals surface area (Å²) < 4.78 is 1.39. The summed E-state index contributed by atoms with van der Waals surface area (Å²) in [5.41, 5.74) is 4.19. The number of nitrogens with one attached hydrogen (secondary N) is 1. The predicted molar refractivity (Wildman–Crippen MR) is 120 cm³/mol. The van der Waals surface area contributed by atoms with E-state index >= 15 is 0 Å². The number of benzene rings is 3. The number of para-hydroxylation sites is 1. The number of phenols is 1. The molecule has 31 heavy (non-hydrogen) atoms. The molecule has 0 aliphatic heterocycles. The van der Waals surface area contributed by atoms with E-state index in [-0.39, 0.29) is 11.3 Å². The summed E-state index contributed by atoms with van der Waals surface area (Å²) in [6.45, 7) is 1.63. The zero-order chi connectivity index (χ0) is 21.8. The quantitative estimate of drug-likeness (QED) is 0.387. The number of amides is 1. The second kappa shape index (κ2) is 8.62. The Bertz CT molecular complexity index is 1310. The zero-order valence-corrected chi connectivity index (χ0v) is 16.8. The molecule has 4 rings (SSSR count). The van der Waals surface area contributed by atoms with E-state index in [1.807, 2.05) is 36.4 Å². The highest BCUT2D eigenvalue weighted by Gasteiger charge is 2.22. The van der Waals surface area contributed by atoms with Crippen molar-refractivity contribution in [2.24, 2.45) is 5.10 Å². The van der Waals surface area contributed by atoms with Gasteiger partial charge in [0.1, 0.15) is 17.6 Å². The third kappa shape index (κ3) is 4.20. The van der Waals surface area contributed by atoms with Gasteiger partial charge in [-0.1, -0.05) is 42.5 Å². The zero-order valence-electron chi connectivity index (χ0n) is 16.8. The SMILES string of the molecule is C[C@H](C(=O)N/N=C\c1ccc(O)cc1)n1c(-c2ccccc2)nc2ccccc2c1=O. The standard InChI is InChI=1S/C24H20N4O3/c1-16(23(30)27-25-15-17-11-13-19(29)14-12-17)28-22(18-7-3-2-4-8-18)26-21-10-6-5-9-20(21)24(28)31/h2-16,29H,1H3,(H,27,30)/b25-15-/t16-/m1/s1. The Labute approximate surface area is 178 Å². The van der Waals surface area contributed by atoms with E-state index in [1.54, 1.807) is 37.3 Å². The first-order valence-corrected chi connectivity index (χ1v) is 9.73. The molecule has 0 fully saturated rings. The number of nitrogens with zero attached hydrogens (tertiary/aromatic N) is 3. The lowest BCUT2D eigenvalue weighted by Crippen LogP contribution is -2.35. The topological polar surface area (TPSA) is 96.6 Å². The summed E-state index contributed by atoms with van der Waals surface area (Å²) in [7, 11) is 0. The van der Waals surface area contributed by atoms with Crippen molar-refractivity contribution in [2.75, 3.05) is 0 Å². The molecule has 1 heterocycles. The number of hydrogen-bond donors (Lipinski definition) is 2. The molecular weight excluding hydrogens is 392 g/mol. The number of aromatic nitrogens is 2. The molecule has 4 aromatic rings. The second-order valence-corrected chi connectivity index (χ2v) is 7.00. The van der Waals surface area contributed by atoms with Gasteiger partial charge in [0.25, 0.3) is 11.5 Å². The summed E-state index contributed by atoms with van der Waals surface area (Å²) in [6.07, 6.45) is 1.46. The van der Waals surface area contributed by atoms with Crippen LogP contribution in [0.5, 0.6) is 5.75 Å². The normalized spacial score (nSPS) is 12.2. The smallest absolute Gasteiger partial charge is 0.263 e. The molecule has 0 aliphatic carbocycles. The molecule has 0 aliphatic rings. The molecule has 1 aromatic heterocycles. The molecule has 0 unspecified atom stereocenters. The highest BCUT2D eigenvalue weighted by Crippen LogP contribution is 2.22. The number of rotatable bonds is 5. The maximum atomic E-state index is 13.3. The third-order valence-corrected chi connectivity index (χ3v) is 4.89. The number of carbonyl (C=O) groups excluding carboxylic acids is 1. The van der Waals surface area contributed by atoms with Gasteiger partial charge in [-0.15, -0.1) is 0 Å². The number of hydrogen-bond acceptors (Lipinski definition) is 5. The summed E-state index contributed by atoms with van der Waals surface area (Å²) in [5.74, 6) is 0.104. The Morgan fingerprint density at radius 3 is 2.45 bits per heavy atom. The fourth-order valence-corrected chi connectivity index (χ4v) is 3.24. The van der Waals surface area contributed by atoms with Gasteiger partial charge in [-0.2, -0.15) is 5.10 Å². The predicted octanol–water partition coefficient (Wildman–Crippen LogP) is 3.48. The Morgan fingerprint density at radius 1 is 1.03 bits per heavy atom. The van der Waals surface area contributed by atoms with Gasteiger partial charge in [-0.3, -0.25) is 14.2 Å². The van der Waals surface area contributed by atoms with E-state index in [0.29, 0.717) is 22.3 Å². The molecule has 0 saturated heterocycles. The van der Waals surface area contributed by atoms with Gasteiger partial charge in [-0.05, 0) is 48.9 Å². The summed E-state index contributed by atoms with van der Waals surface area (Å²) >= 11 is 0. The van der Waals surface area contributed by atoms with Gasteiger partial charge >= 0.3 is 0 Å². The van der Waals surface area contributed by atoms with Crippen LogP contribution in [0, 0.1) is 0 Å². The van der Waals surface area contributed by atoms with Crippen LogP contribution in [0.2, 0.25) is 0 Å². The van der Waals surface area contributed by atoms with Gasteiger partial charge in [-0.25, -0.2) is 10.4 Å². The molecule has 154 valence electrons. The molecule has 0 bridgehead atoms. The van der Waals surface area contributed by atoms with Crippen molar-refractivity contribution < 1.29 is 9.90 Å². The molecule has 1 atom stereocenters. The van der Waals surface area contributed by atoms with Crippen molar-refractivity contribution in [3.63, 3.8) is 0 Å². The van der Waals surface area contributed by atoms with Crippen molar-refractivity contribution in [2.45, 2.75) is 13.0 Å². The van der Waals surface area contributed by atoms with E-state index in [1.165, 1.54) is 22.9 Å². The van der Waals surface area contributed by atoms with Crippen molar-refractivity contribution in [1.29, 1.82) is 0 Å². The first-order valence-electron chi connectivity index (χ1n) is 9.73. The van der Waals surface area contributed by atoms with Crippen LogP contribution in [-0.2, 0) is 4.79 Å². The first-order chi connectivity index (χ1) is 15.0. The Balaban J connectivity index is 1.70. The number of carbonyl (C=O) groups is 1. The fourth-order valence-electron chi connectivity index (χ4n) is 3.24. The van der Waals surface area contributed by atoms with E-state index in [0.717, 1.165) is 5.56 Å². The Morgan fingerprint density at radius 2 is 1.71 bits per heavy atom. The lowest BCUT2D eigenvalue weighted by Gasteiger charge is -2.18. The highest BCUT2D eigenvalue weighted by atomic mass is 16.3. The fraction of sp³-hybridized carbons (Fsp3) is 0.0833. The van der Waals surface area contributed by atoms with Crippen molar-refractivity contribution in [3.05, 3.63) is 94.8 Å². The number of fused-ring (bicyclic) bond motifs is 1. The van der Waals surface area contributed by atoms with Crippen LogP contribution >= 0.6 is 0 Å². The van der Waals surface area contributed by atoms with Gasteiger partial charge in [0.05, 0.1) is 17.1 Å². The average molecular weight is 412 g/mol. The molecular formula is C24H20N4O3. The molecule has 3 aromatic carbocycles. The first kappa shape index (κ1) is 20.0. The number of hydrazone groups is 1. The van der Waals surface area contributed by atoms with Crippen molar-refractivity contribution >= 4 is 23.0 Å². The third-order valence-electron chi connectivity index (χ3n) is 4.89. The largest absolute Gasteiger partial charge is 0.508 e. The van der Waals surface area contributed by atoms with Crippen molar-refractivity contribution in [1.82, 2.24) is 15.0 Å². The van der Waals surface area contributed by atoms with Gasteiger partial charge in [0.2, 0.25) is 0 Å². The van der Waals surface area contributed by atoms with E-state index in [9.17, 15) is 14.7 Å². The second-order valence-electron chi connectivity index (χ2n) is 7.00. The van der Waals surface area contributed by atoms with Gasteiger partial charge in [0.15, 0.2) is 0 Å². The minimum atomic E-state index is -0.850. The average Bonchev–Trinajstić information content (AvgIpc) is 2.80. The lowest BCUT2D eigenvalue weighted by molar-refractivity contribution is -0.123. The number of aromatic hydroxyl groups is 1. The molecule has 0 spiro atoms. The molecule has 0 saturated carbocycles. The maximum Gasteiger partial charge on any atom is 0.263 e. The Hall–Kier alpha value is -4.26. The summed E-state index contributed by atoms with van der Waals surface area (Å²) in [4.78, 5) is 30.8. The van der Waals surface area contributed by atoms with Gasteiger partial charge < -0.3 is 5.11 Å². The van der Waals surface area contributed by atoms with Crippen LogP contribution in [0.1, 0.15) is 18.5 Å². The van der Waals surface area contributed by atoms with Crippen LogP contribution in [-0.4, -0.2) is 26.8 Å². The monoisotopic (exact) mass is 412 g/mol. The Kier molecular flexibility index (Phi) is 5.57. The van der Waals surface area contributed by atoms with Gasteiger partial charge in [0, 0.05) is 5.56 Å². The molecule has 2 N–H and O–H groups in total. The molecule has 7 nitrogen and oxygen atoms in total. The van der Waals surface area contributed by atoms with E-state index in [4.69, 9.17) is 0 Å². The molecule has 1 amide bonds. The summed E-state index contributed by atoms with van der Waals surface area (Å²) in [5, 5.41) is 13.7. The van der Waals surface area contributed by atoms with Crippen LogP contribution in [0.4, 0.5) is 0 Å². The molecule has 7 heteroatoms.